The van der Waals surface area contributed by atoms with E-state index in [0.29, 0.717) is 29.7 Å². The molecular formula is C22H20BrClN2O4. The molecule has 0 aromatic heterocycles. The second-order valence-electron chi connectivity index (χ2n) is 6.41. The first-order valence-corrected chi connectivity index (χ1v) is 10.4. The number of nitro groups is 1. The monoisotopic (exact) mass is 490 g/mol. The van der Waals surface area contributed by atoms with E-state index in [1.165, 1.54) is 12.1 Å². The summed E-state index contributed by atoms with van der Waals surface area (Å²) in [4.78, 5) is 10.3. The molecule has 0 bridgehead atoms. The van der Waals surface area contributed by atoms with Crippen molar-refractivity contribution in [3.05, 3.63) is 91.4 Å². The van der Waals surface area contributed by atoms with E-state index < -0.39 is 4.92 Å². The van der Waals surface area contributed by atoms with Gasteiger partial charge in [0.25, 0.3) is 5.69 Å². The van der Waals surface area contributed by atoms with Crippen LogP contribution in [0.15, 0.2) is 65.1 Å². The summed E-state index contributed by atoms with van der Waals surface area (Å²) in [5, 5.41) is 14.6. The normalized spacial score (nSPS) is 10.5. The number of non-ortho nitro benzene ring substituents is 1. The lowest BCUT2D eigenvalue weighted by molar-refractivity contribution is -0.384. The first kappa shape index (κ1) is 21.9. The Bertz CT molecular complexity index is 1010. The van der Waals surface area contributed by atoms with Gasteiger partial charge >= 0.3 is 0 Å². The molecule has 3 aromatic carbocycles. The van der Waals surface area contributed by atoms with Crippen molar-refractivity contribution in [2.45, 2.75) is 20.1 Å². The molecule has 0 saturated heterocycles. The van der Waals surface area contributed by atoms with Gasteiger partial charge in [-0.2, -0.15) is 0 Å². The predicted octanol–water partition coefficient (Wildman–Crippen LogP) is 6.60. The number of ether oxygens (including phenoxy) is 2. The largest absolute Gasteiger partial charge is 0.490 e. The van der Waals surface area contributed by atoms with Crippen LogP contribution < -0.4 is 14.8 Å². The number of nitrogens with one attached hydrogen (secondary N) is 1. The third-order valence-electron chi connectivity index (χ3n) is 4.24. The molecule has 0 atom stereocenters. The zero-order chi connectivity index (χ0) is 21.5. The maximum atomic E-state index is 10.8. The minimum atomic E-state index is -0.435. The molecule has 6 nitrogen and oxygen atoms in total. The Hall–Kier alpha value is -2.77. The van der Waals surface area contributed by atoms with Gasteiger partial charge in [-0.1, -0.05) is 27.5 Å². The van der Waals surface area contributed by atoms with Gasteiger partial charge in [-0.05, 0) is 66.6 Å². The van der Waals surface area contributed by atoms with E-state index >= 15 is 0 Å². The predicted molar refractivity (Wildman–Crippen MR) is 122 cm³/mol. The summed E-state index contributed by atoms with van der Waals surface area (Å²) >= 11 is 9.90. The number of nitro benzene ring substituents is 1. The second kappa shape index (κ2) is 10.3. The van der Waals surface area contributed by atoms with E-state index in [2.05, 4.69) is 21.2 Å². The molecule has 0 unspecified atom stereocenters. The van der Waals surface area contributed by atoms with E-state index in [9.17, 15) is 10.1 Å². The lowest BCUT2D eigenvalue weighted by atomic mass is 10.2. The molecule has 3 rings (SSSR count). The molecule has 0 aliphatic heterocycles. The molecule has 1 N–H and O–H groups in total. The number of halogens is 2. The van der Waals surface area contributed by atoms with Crippen molar-refractivity contribution in [3.8, 4) is 11.5 Å². The van der Waals surface area contributed by atoms with Crippen LogP contribution in [0.3, 0.4) is 0 Å². The fourth-order valence-corrected chi connectivity index (χ4v) is 3.32. The first-order chi connectivity index (χ1) is 14.5. The second-order valence-corrected chi connectivity index (χ2v) is 7.73. The zero-order valence-corrected chi connectivity index (χ0v) is 18.6. The maximum Gasteiger partial charge on any atom is 0.269 e. The molecule has 0 radical (unpaired) electrons. The van der Waals surface area contributed by atoms with Crippen molar-refractivity contribution in [3.63, 3.8) is 0 Å². The third kappa shape index (κ3) is 5.87. The highest BCUT2D eigenvalue weighted by Gasteiger charge is 2.14. The van der Waals surface area contributed by atoms with Crippen LogP contribution in [-0.2, 0) is 13.2 Å². The lowest BCUT2D eigenvalue weighted by Crippen LogP contribution is -2.04. The Morgan fingerprint density at radius 2 is 1.73 bits per heavy atom. The van der Waals surface area contributed by atoms with E-state index in [1.807, 2.05) is 43.3 Å². The van der Waals surface area contributed by atoms with Crippen LogP contribution in [0.5, 0.6) is 11.5 Å². The van der Waals surface area contributed by atoms with Crippen molar-refractivity contribution in [1.29, 1.82) is 0 Å². The van der Waals surface area contributed by atoms with Gasteiger partial charge in [0.2, 0.25) is 0 Å². The van der Waals surface area contributed by atoms with E-state index in [0.717, 1.165) is 21.3 Å². The topological polar surface area (TPSA) is 73.6 Å². The maximum absolute atomic E-state index is 10.8. The van der Waals surface area contributed by atoms with Gasteiger partial charge in [0.05, 0.1) is 16.6 Å². The molecule has 0 fully saturated rings. The molecule has 30 heavy (non-hydrogen) atoms. The number of anilines is 1. The average Bonchev–Trinajstić information content (AvgIpc) is 2.73. The van der Waals surface area contributed by atoms with Crippen molar-refractivity contribution < 1.29 is 14.4 Å². The van der Waals surface area contributed by atoms with Gasteiger partial charge in [0.15, 0.2) is 11.5 Å². The SMILES string of the molecule is CCOc1cc(CNc2ccc(Br)cc2)cc(Cl)c1OCc1ccc([N+](=O)[O-])cc1. The standard InChI is InChI=1S/C22H20BrClN2O4/c1-2-29-21-12-16(13-25-18-7-5-17(23)6-8-18)11-20(24)22(21)30-14-15-3-9-19(10-4-15)26(27)28/h3-12,25H,2,13-14H2,1H3. The van der Waals surface area contributed by atoms with Gasteiger partial charge in [0.1, 0.15) is 6.61 Å². The third-order valence-corrected chi connectivity index (χ3v) is 5.05. The van der Waals surface area contributed by atoms with Crippen LogP contribution in [0.1, 0.15) is 18.1 Å². The number of rotatable bonds is 9. The number of hydrogen-bond acceptors (Lipinski definition) is 5. The molecular weight excluding hydrogens is 472 g/mol. The van der Waals surface area contributed by atoms with Crippen LogP contribution >= 0.6 is 27.5 Å². The number of benzene rings is 3. The van der Waals surface area contributed by atoms with Crippen LogP contribution in [0, 0.1) is 10.1 Å². The summed E-state index contributed by atoms with van der Waals surface area (Å²) in [6.07, 6.45) is 0. The molecule has 0 amide bonds. The van der Waals surface area contributed by atoms with Crippen molar-refractivity contribution in [2.24, 2.45) is 0 Å². The van der Waals surface area contributed by atoms with Crippen molar-refractivity contribution >= 4 is 38.9 Å². The molecule has 0 aliphatic carbocycles. The Labute approximate surface area is 188 Å². The summed E-state index contributed by atoms with van der Waals surface area (Å²) in [6, 6.07) is 17.8. The van der Waals surface area contributed by atoms with Crippen LogP contribution in [0.4, 0.5) is 11.4 Å². The summed E-state index contributed by atoms with van der Waals surface area (Å²) < 4.78 is 12.6. The summed E-state index contributed by atoms with van der Waals surface area (Å²) in [6.45, 7) is 3.15. The average molecular weight is 492 g/mol. The minimum absolute atomic E-state index is 0.0365. The highest BCUT2D eigenvalue weighted by Crippen LogP contribution is 2.37. The minimum Gasteiger partial charge on any atom is -0.490 e. The van der Waals surface area contributed by atoms with E-state index in [-0.39, 0.29) is 12.3 Å². The molecule has 0 heterocycles. The van der Waals surface area contributed by atoms with Crippen LogP contribution in [-0.4, -0.2) is 11.5 Å². The molecule has 0 aliphatic rings. The van der Waals surface area contributed by atoms with Crippen LogP contribution in [0.2, 0.25) is 5.02 Å². The summed E-state index contributed by atoms with van der Waals surface area (Å²) in [7, 11) is 0. The fourth-order valence-electron chi connectivity index (χ4n) is 2.77. The highest BCUT2D eigenvalue weighted by atomic mass is 79.9. The number of hydrogen-bond donors (Lipinski definition) is 1. The Morgan fingerprint density at radius 3 is 2.37 bits per heavy atom. The lowest BCUT2D eigenvalue weighted by Gasteiger charge is -2.16. The van der Waals surface area contributed by atoms with Crippen molar-refractivity contribution in [2.75, 3.05) is 11.9 Å². The smallest absolute Gasteiger partial charge is 0.269 e. The van der Waals surface area contributed by atoms with Gasteiger partial charge in [-0.25, -0.2) is 0 Å². The quantitative estimate of drug-likeness (QED) is 0.270. The Morgan fingerprint density at radius 1 is 1.03 bits per heavy atom. The van der Waals surface area contributed by atoms with E-state index in [1.54, 1.807) is 12.1 Å². The van der Waals surface area contributed by atoms with E-state index in [4.69, 9.17) is 21.1 Å². The molecule has 0 saturated carbocycles. The molecule has 0 spiro atoms. The highest BCUT2D eigenvalue weighted by molar-refractivity contribution is 9.10. The number of nitrogens with zero attached hydrogens (tertiary/aromatic N) is 1. The van der Waals surface area contributed by atoms with Crippen LogP contribution in [0.25, 0.3) is 0 Å². The molecule has 156 valence electrons. The summed E-state index contributed by atoms with van der Waals surface area (Å²) in [5.41, 5.74) is 2.77. The van der Waals surface area contributed by atoms with Gasteiger partial charge in [-0.3, -0.25) is 10.1 Å². The summed E-state index contributed by atoms with van der Waals surface area (Å²) in [5.74, 6) is 1.00. The first-order valence-electron chi connectivity index (χ1n) is 9.27. The Balaban J connectivity index is 1.72. The molecule has 3 aromatic rings. The Kier molecular flexibility index (Phi) is 7.54. The fraction of sp³-hybridized carbons (Fsp3) is 0.182. The van der Waals surface area contributed by atoms with Crippen molar-refractivity contribution in [1.82, 2.24) is 0 Å². The van der Waals surface area contributed by atoms with Gasteiger partial charge < -0.3 is 14.8 Å². The zero-order valence-electron chi connectivity index (χ0n) is 16.2. The van der Waals surface area contributed by atoms with Gasteiger partial charge in [-0.15, -0.1) is 0 Å². The van der Waals surface area contributed by atoms with Gasteiger partial charge in [0, 0.05) is 28.8 Å². The molecule has 8 heteroatoms.